The van der Waals surface area contributed by atoms with E-state index in [2.05, 4.69) is 0 Å². The van der Waals surface area contributed by atoms with Gasteiger partial charge in [-0.25, -0.2) is 0 Å². The zero-order chi connectivity index (χ0) is 10.6. The van der Waals surface area contributed by atoms with Gasteiger partial charge in [0.05, 0.1) is 6.42 Å². The van der Waals surface area contributed by atoms with Gasteiger partial charge in [-0.1, -0.05) is 41.4 Å². The summed E-state index contributed by atoms with van der Waals surface area (Å²) in [4.78, 5) is 10.2. The van der Waals surface area contributed by atoms with Crippen molar-refractivity contribution in [2.24, 2.45) is 0 Å². The van der Waals surface area contributed by atoms with Crippen LogP contribution in [0.2, 0.25) is 10.0 Å². The number of hydrogen-bond acceptors (Lipinski definition) is 1. The Balaban J connectivity index is 2.85. The molecule has 0 aliphatic rings. The average molecular weight is 231 g/mol. The molecule has 0 saturated carbocycles. The Hall–Kier alpha value is -0.990. The molecule has 1 aromatic carbocycles. The smallest absolute Gasteiger partial charge is 0.307 e. The highest BCUT2D eigenvalue weighted by Gasteiger charge is 2.00. The summed E-state index contributed by atoms with van der Waals surface area (Å²) in [5, 5.41) is 9.44. The van der Waals surface area contributed by atoms with Gasteiger partial charge >= 0.3 is 5.97 Å². The molecule has 1 rings (SSSR count). The third-order valence-electron chi connectivity index (χ3n) is 1.58. The molecule has 4 heteroatoms. The second-order valence-electron chi connectivity index (χ2n) is 2.64. The van der Waals surface area contributed by atoms with Crippen molar-refractivity contribution in [3.63, 3.8) is 0 Å². The lowest BCUT2D eigenvalue weighted by atomic mass is 10.2. The molecule has 1 N–H and O–H groups in total. The highest BCUT2D eigenvalue weighted by Crippen LogP contribution is 2.25. The Labute approximate surface area is 91.8 Å². The summed E-state index contributed by atoms with van der Waals surface area (Å²) in [7, 11) is 0. The monoisotopic (exact) mass is 230 g/mol. The van der Waals surface area contributed by atoms with Crippen LogP contribution in [0.1, 0.15) is 12.0 Å². The fourth-order valence-electron chi connectivity index (χ4n) is 0.948. The normalized spacial score (nSPS) is 10.7. The molecular formula is C10H8Cl2O2. The number of carbonyl (C=O) groups is 1. The summed E-state index contributed by atoms with van der Waals surface area (Å²) in [6.45, 7) is 0. The molecular weight excluding hydrogens is 223 g/mol. The summed E-state index contributed by atoms with van der Waals surface area (Å²) in [5.41, 5.74) is 0.650. The van der Waals surface area contributed by atoms with Gasteiger partial charge < -0.3 is 5.11 Å². The molecule has 0 unspecified atom stereocenters. The summed E-state index contributed by atoms with van der Waals surface area (Å²) in [6.07, 6.45) is 3.08. The molecule has 0 aliphatic heterocycles. The van der Waals surface area contributed by atoms with Gasteiger partial charge in [0.15, 0.2) is 0 Å². The van der Waals surface area contributed by atoms with Gasteiger partial charge in [-0.2, -0.15) is 0 Å². The molecule has 14 heavy (non-hydrogen) atoms. The standard InChI is InChI=1S/C10H8Cl2O2/c11-8-4-2-5-9(12)7(8)3-1-6-10(13)14/h1-5H,6H2,(H,13,14). The van der Waals surface area contributed by atoms with Crippen LogP contribution in [0, 0.1) is 0 Å². The summed E-state index contributed by atoms with van der Waals surface area (Å²) < 4.78 is 0. The zero-order valence-corrected chi connectivity index (χ0v) is 8.72. The maximum atomic E-state index is 10.2. The number of carboxylic acid groups (broad SMARTS) is 1. The van der Waals surface area contributed by atoms with Crippen molar-refractivity contribution in [1.29, 1.82) is 0 Å². The zero-order valence-electron chi connectivity index (χ0n) is 7.21. The minimum absolute atomic E-state index is 0.0401. The second kappa shape index (κ2) is 5.03. The highest BCUT2D eigenvalue weighted by atomic mass is 35.5. The van der Waals surface area contributed by atoms with Crippen LogP contribution < -0.4 is 0 Å². The van der Waals surface area contributed by atoms with Gasteiger partial charge in [0.1, 0.15) is 0 Å². The lowest BCUT2D eigenvalue weighted by Gasteiger charge is -1.99. The molecule has 2 nitrogen and oxygen atoms in total. The van der Waals surface area contributed by atoms with E-state index < -0.39 is 5.97 Å². The van der Waals surface area contributed by atoms with Gasteiger partial charge in [-0.3, -0.25) is 4.79 Å². The molecule has 0 heterocycles. The van der Waals surface area contributed by atoms with Gasteiger partial charge in [0, 0.05) is 15.6 Å². The minimum Gasteiger partial charge on any atom is -0.481 e. The third-order valence-corrected chi connectivity index (χ3v) is 2.24. The molecule has 1 aromatic rings. The molecule has 0 saturated heterocycles. The Morgan fingerprint density at radius 2 is 1.93 bits per heavy atom. The number of benzene rings is 1. The van der Waals surface area contributed by atoms with Crippen molar-refractivity contribution >= 4 is 35.2 Å². The van der Waals surface area contributed by atoms with Gasteiger partial charge in [0.2, 0.25) is 0 Å². The van der Waals surface area contributed by atoms with Crippen molar-refractivity contribution in [3.8, 4) is 0 Å². The Bertz CT molecular complexity index is 352. The minimum atomic E-state index is -0.885. The first-order valence-corrected chi connectivity index (χ1v) is 4.69. The van der Waals surface area contributed by atoms with E-state index in [9.17, 15) is 4.79 Å². The molecule has 0 atom stereocenters. The molecule has 0 spiro atoms. The maximum Gasteiger partial charge on any atom is 0.307 e. The van der Waals surface area contributed by atoms with Crippen molar-refractivity contribution in [2.75, 3.05) is 0 Å². The average Bonchev–Trinajstić information content (AvgIpc) is 2.09. The Morgan fingerprint density at radius 1 is 1.36 bits per heavy atom. The summed E-state index contributed by atoms with van der Waals surface area (Å²) in [6, 6.07) is 5.14. The lowest BCUT2D eigenvalue weighted by Crippen LogP contribution is -1.89. The predicted molar refractivity (Wildman–Crippen MR) is 57.7 cm³/mol. The highest BCUT2D eigenvalue weighted by molar-refractivity contribution is 6.37. The number of aliphatic carboxylic acids is 1. The van der Waals surface area contributed by atoms with E-state index in [1.807, 2.05) is 0 Å². The van der Waals surface area contributed by atoms with E-state index in [0.29, 0.717) is 15.6 Å². The van der Waals surface area contributed by atoms with E-state index in [-0.39, 0.29) is 6.42 Å². The largest absolute Gasteiger partial charge is 0.481 e. The number of halogens is 2. The third kappa shape index (κ3) is 3.05. The van der Waals surface area contributed by atoms with Crippen molar-refractivity contribution in [2.45, 2.75) is 6.42 Å². The molecule has 0 amide bonds. The van der Waals surface area contributed by atoms with Crippen molar-refractivity contribution < 1.29 is 9.90 Å². The van der Waals surface area contributed by atoms with Gasteiger partial charge in [-0.15, -0.1) is 0 Å². The van der Waals surface area contributed by atoms with Crippen LogP contribution in [0.25, 0.3) is 6.08 Å². The van der Waals surface area contributed by atoms with Crippen LogP contribution in [0.4, 0.5) is 0 Å². The first kappa shape index (κ1) is 11.1. The fraction of sp³-hybridized carbons (Fsp3) is 0.100. The fourth-order valence-corrected chi connectivity index (χ4v) is 1.47. The first-order chi connectivity index (χ1) is 6.61. The van der Waals surface area contributed by atoms with Crippen LogP contribution >= 0.6 is 23.2 Å². The van der Waals surface area contributed by atoms with E-state index in [1.54, 1.807) is 24.3 Å². The maximum absolute atomic E-state index is 10.2. The molecule has 0 fully saturated rings. The summed E-state index contributed by atoms with van der Waals surface area (Å²) in [5.74, 6) is -0.885. The van der Waals surface area contributed by atoms with E-state index >= 15 is 0 Å². The van der Waals surface area contributed by atoms with Gasteiger partial charge in [-0.05, 0) is 12.1 Å². The molecule has 0 bridgehead atoms. The van der Waals surface area contributed by atoms with E-state index in [1.165, 1.54) is 6.08 Å². The lowest BCUT2D eigenvalue weighted by molar-refractivity contribution is -0.135. The number of hydrogen-bond donors (Lipinski definition) is 1. The SMILES string of the molecule is O=C(O)CC=Cc1c(Cl)cccc1Cl. The Morgan fingerprint density at radius 3 is 2.43 bits per heavy atom. The topological polar surface area (TPSA) is 37.3 Å². The number of rotatable bonds is 3. The van der Waals surface area contributed by atoms with Crippen LogP contribution in [0.15, 0.2) is 24.3 Å². The van der Waals surface area contributed by atoms with Crippen LogP contribution in [-0.2, 0) is 4.79 Å². The van der Waals surface area contributed by atoms with Crippen molar-refractivity contribution in [1.82, 2.24) is 0 Å². The van der Waals surface area contributed by atoms with Crippen molar-refractivity contribution in [3.05, 3.63) is 39.9 Å². The number of carboxylic acids is 1. The van der Waals surface area contributed by atoms with Crippen LogP contribution in [-0.4, -0.2) is 11.1 Å². The Kier molecular flexibility index (Phi) is 3.98. The van der Waals surface area contributed by atoms with Crippen LogP contribution in [0.5, 0.6) is 0 Å². The van der Waals surface area contributed by atoms with Gasteiger partial charge in [0.25, 0.3) is 0 Å². The first-order valence-electron chi connectivity index (χ1n) is 3.93. The van der Waals surface area contributed by atoms with Crippen LogP contribution in [0.3, 0.4) is 0 Å². The summed E-state index contributed by atoms with van der Waals surface area (Å²) >= 11 is 11.7. The second-order valence-corrected chi connectivity index (χ2v) is 3.45. The molecule has 0 aliphatic carbocycles. The van der Waals surface area contributed by atoms with E-state index in [4.69, 9.17) is 28.3 Å². The molecule has 0 radical (unpaired) electrons. The molecule has 74 valence electrons. The quantitative estimate of drug-likeness (QED) is 0.864. The predicted octanol–water partition coefficient (Wildman–Crippen LogP) is 3.48. The molecule has 0 aromatic heterocycles. The van der Waals surface area contributed by atoms with E-state index in [0.717, 1.165) is 0 Å².